The van der Waals surface area contributed by atoms with Crippen LogP contribution in [0.25, 0.3) is 34.4 Å². The lowest BCUT2D eigenvalue weighted by Gasteiger charge is -2.47. The summed E-state index contributed by atoms with van der Waals surface area (Å²) < 4.78 is 38.4. The lowest BCUT2D eigenvalue weighted by molar-refractivity contribution is -0.147. The highest BCUT2D eigenvalue weighted by Gasteiger charge is 2.63. The molecule has 6 heterocycles. The van der Waals surface area contributed by atoms with Crippen LogP contribution in [-0.4, -0.2) is 72.1 Å². The van der Waals surface area contributed by atoms with E-state index in [-0.39, 0.29) is 82.8 Å². The van der Waals surface area contributed by atoms with Gasteiger partial charge in [-0.1, -0.05) is 82.7 Å². The molecule has 2 aliphatic heterocycles. The van der Waals surface area contributed by atoms with Crippen LogP contribution in [0.15, 0.2) is 146 Å². The number of esters is 2. The molecule has 4 aliphatic rings. The Morgan fingerprint density at radius 1 is 0.671 bits per heavy atom. The topological polar surface area (TPSA) is 197 Å². The third kappa shape index (κ3) is 11.7. The summed E-state index contributed by atoms with van der Waals surface area (Å²) in [7, 11) is 0. The first-order chi connectivity index (χ1) is 36.4. The number of hydrogen-bond donors (Lipinski definition) is 3. The average Bonchev–Trinajstić information content (AvgIpc) is 3.79. The van der Waals surface area contributed by atoms with E-state index < -0.39 is 17.0 Å². The lowest BCUT2D eigenvalue weighted by atomic mass is 9.58. The highest BCUT2D eigenvalue weighted by molar-refractivity contribution is 5.99. The van der Waals surface area contributed by atoms with Crippen LogP contribution in [0.3, 0.4) is 0 Å². The van der Waals surface area contributed by atoms with Gasteiger partial charge >= 0.3 is 17.9 Å². The van der Waals surface area contributed by atoms with Gasteiger partial charge in [-0.25, -0.2) is 18.4 Å². The van der Waals surface area contributed by atoms with E-state index >= 15 is 0 Å². The summed E-state index contributed by atoms with van der Waals surface area (Å²) in [6.45, 7) is 12.5. The number of carboxylic acid groups (broad SMARTS) is 1. The molecule has 2 saturated carbocycles. The SMILES string of the molecule is CC[C@H]1[C@H](/C=C/c2ccc(-c3cccc(F)c3)cn2)[C@@H]2[C@@H](C)OC(=O)[C@]2(N)C[C@@H]1C.C[C@H]1[C@H](/C=C/c2ccc(-c3cccc(F)c3)cn2)[C@@H]2[C@@H](C)OC(=O)[C@]2(NC(=O)c2ccncc2)C[C@@H]1C.O=C(O)c1ccncc1. The summed E-state index contributed by atoms with van der Waals surface area (Å²) in [6.07, 6.45) is 19.4. The quantitative estimate of drug-likeness (QED) is 0.110. The zero-order valence-corrected chi connectivity index (χ0v) is 43.4. The predicted octanol–water partition coefficient (Wildman–Crippen LogP) is 10.9. The number of halogens is 2. The monoisotopic (exact) mass is 1030 g/mol. The molecule has 2 aliphatic carbocycles. The Labute approximate surface area is 442 Å². The Balaban J connectivity index is 0.000000175. The first kappa shape index (κ1) is 54.5. The lowest BCUT2D eigenvalue weighted by Crippen LogP contribution is -2.62. The van der Waals surface area contributed by atoms with Crippen LogP contribution in [0.5, 0.6) is 0 Å². The van der Waals surface area contributed by atoms with E-state index in [1.807, 2.05) is 62.4 Å². The van der Waals surface area contributed by atoms with E-state index in [2.05, 4.69) is 65.1 Å². The molecule has 1 amide bonds. The minimum Gasteiger partial charge on any atom is -0.478 e. The van der Waals surface area contributed by atoms with Gasteiger partial charge in [-0.2, -0.15) is 0 Å². The minimum absolute atomic E-state index is 0.0207. The van der Waals surface area contributed by atoms with Crippen molar-refractivity contribution in [3.05, 3.63) is 181 Å². The molecule has 0 unspecified atom stereocenters. The molecular formula is C61H64F2N6O7. The first-order valence-corrected chi connectivity index (χ1v) is 25.8. The third-order valence-corrected chi connectivity index (χ3v) is 15.9. The van der Waals surface area contributed by atoms with Crippen molar-refractivity contribution in [2.45, 2.75) is 84.1 Å². The summed E-state index contributed by atoms with van der Waals surface area (Å²) in [5.41, 5.74) is 10.2. The van der Waals surface area contributed by atoms with Gasteiger partial charge in [-0.05, 0) is 146 Å². The number of nitrogens with zero attached hydrogens (tertiary/aromatic N) is 4. The molecule has 15 heteroatoms. The Morgan fingerprint density at radius 3 is 1.67 bits per heavy atom. The molecule has 12 atom stereocenters. The number of carbonyl (C=O) groups excluding carboxylic acids is 3. The van der Waals surface area contributed by atoms with Gasteiger partial charge in [0, 0.05) is 65.7 Å². The van der Waals surface area contributed by atoms with Gasteiger partial charge < -0.3 is 25.6 Å². The van der Waals surface area contributed by atoms with Crippen LogP contribution >= 0.6 is 0 Å². The molecule has 4 aromatic heterocycles. The fourth-order valence-corrected chi connectivity index (χ4v) is 12.1. The highest BCUT2D eigenvalue weighted by atomic mass is 19.1. The maximum atomic E-state index is 13.6. The Bertz CT molecular complexity index is 3070. The van der Waals surface area contributed by atoms with Gasteiger partial charge in [0.15, 0.2) is 0 Å². The van der Waals surface area contributed by atoms with Crippen LogP contribution in [0.1, 0.15) is 92.9 Å². The van der Waals surface area contributed by atoms with Crippen LogP contribution in [0.4, 0.5) is 8.78 Å². The van der Waals surface area contributed by atoms with Gasteiger partial charge in [-0.15, -0.1) is 0 Å². The fraction of sp³-hybridized carbons (Fsp3) is 0.344. The first-order valence-electron chi connectivity index (χ1n) is 25.8. The number of nitrogens with one attached hydrogen (secondary N) is 1. The van der Waals surface area contributed by atoms with E-state index in [0.717, 1.165) is 40.1 Å². The van der Waals surface area contributed by atoms with Crippen molar-refractivity contribution in [1.29, 1.82) is 0 Å². The fourth-order valence-electron chi connectivity index (χ4n) is 12.1. The summed E-state index contributed by atoms with van der Waals surface area (Å²) in [5, 5.41) is 11.4. The Hall–Kier alpha value is -7.78. The highest BCUT2D eigenvalue weighted by Crippen LogP contribution is 2.53. The summed E-state index contributed by atoms with van der Waals surface area (Å²) in [5.74, 6) is -1.34. The van der Waals surface area contributed by atoms with Crippen molar-refractivity contribution in [3.63, 3.8) is 0 Å². The van der Waals surface area contributed by atoms with Crippen LogP contribution < -0.4 is 11.1 Å². The molecular weight excluding hydrogens is 967 g/mol. The molecule has 0 radical (unpaired) electrons. The van der Waals surface area contributed by atoms with Gasteiger partial charge in [0.05, 0.1) is 17.0 Å². The zero-order valence-electron chi connectivity index (χ0n) is 43.4. The molecule has 76 heavy (non-hydrogen) atoms. The van der Waals surface area contributed by atoms with Crippen LogP contribution in [0, 0.1) is 59.0 Å². The number of allylic oxidation sites excluding steroid dienone is 2. The van der Waals surface area contributed by atoms with E-state index in [1.165, 1.54) is 48.8 Å². The molecule has 4 fully saturated rings. The summed E-state index contributed by atoms with van der Waals surface area (Å²) in [6, 6.07) is 26.8. The number of pyridine rings is 4. The molecule has 2 saturated heterocycles. The molecule has 10 rings (SSSR count). The molecule has 0 bridgehead atoms. The van der Waals surface area contributed by atoms with Gasteiger partial charge in [0.25, 0.3) is 5.91 Å². The summed E-state index contributed by atoms with van der Waals surface area (Å²) in [4.78, 5) is 65.8. The maximum Gasteiger partial charge on any atom is 0.335 e. The van der Waals surface area contributed by atoms with Crippen molar-refractivity contribution >= 4 is 36.0 Å². The average molecular weight is 1030 g/mol. The number of carboxylic acids is 1. The molecule has 13 nitrogen and oxygen atoms in total. The number of rotatable bonds is 10. The summed E-state index contributed by atoms with van der Waals surface area (Å²) >= 11 is 0. The van der Waals surface area contributed by atoms with E-state index in [4.69, 9.17) is 20.3 Å². The van der Waals surface area contributed by atoms with Gasteiger partial charge in [0.1, 0.15) is 34.9 Å². The zero-order chi connectivity index (χ0) is 54.3. The van der Waals surface area contributed by atoms with Gasteiger partial charge in [0.2, 0.25) is 0 Å². The van der Waals surface area contributed by atoms with Crippen molar-refractivity contribution in [2.24, 2.45) is 53.1 Å². The number of carbonyl (C=O) groups is 4. The largest absolute Gasteiger partial charge is 0.478 e. The number of benzene rings is 2. The number of aromatic carboxylic acids is 1. The number of amides is 1. The number of nitrogens with two attached hydrogens (primary N) is 1. The second-order valence-electron chi connectivity index (χ2n) is 20.6. The second kappa shape index (κ2) is 23.4. The Morgan fingerprint density at radius 2 is 1.18 bits per heavy atom. The van der Waals surface area contributed by atoms with Crippen molar-refractivity contribution in [2.75, 3.05) is 0 Å². The van der Waals surface area contributed by atoms with Crippen molar-refractivity contribution in [3.8, 4) is 22.3 Å². The Kier molecular flexibility index (Phi) is 16.8. The molecule has 6 aromatic rings. The van der Waals surface area contributed by atoms with Crippen LogP contribution in [-0.2, 0) is 19.1 Å². The number of cyclic esters (lactones) is 2. The predicted molar refractivity (Wildman–Crippen MR) is 285 cm³/mol. The molecule has 2 aromatic carbocycles. The van der Waals surface area contributed by atoms with E-state index in [9.17, 15) is 28.0 Å². The molecule has 4 N–H and O–H groups in total. The van der Waals surface area contributed by atoms with Crippen molar-refractivity contribution in [1.82, 2.24) is 25.3 Å². The molecule has 0 spiro atoms. The minimum atomic E-state index is -1.10. The number of aromatic nitrogens is 4. The van der Waals surface area contributed by atoms with Crippen LogP contribution in [0.2, 0.25) is 0 Å². The van der Waals surface area contributed by atoms with Crippen molar-refractivity contribution < 1.29 is 42.5 Å². The smallest absolute Gasteiger partial charge is 0.335 e. The second-order valence-corrected chi connectivity index (χ2v) is 20.6. The van der Waals surface area contributed by atoms with E-state index in [1.54, 1.807) is 49.1 Å². The number of fused-ring (bicyclic) bond motifs is 2. The van der Waals surface area contributed by atoms with Gasteiger partial charge in [-0.3, -0.25) is 29.5 Å². The number of hydrogen-bond acceptors (Lipinski definition) is 11. The normalized spacial score (nSPS) is 28.4. The molecule has 394 valence electrons. The maximum absolute atomic E-state index is 13.6. The third-order valence-electron chi connectivity index (χ3n) is 15.9. The standard InChI is InChI=1S/C30H30FN3O3.C25H29FN2O2.C6H5NO2/c1-18-16-30(34-28(35)21-11-13-32-14-12-21)27(20(3)37-29(30)36)26(19(18)2)10-9-25-8-7-23(17-33-25)22-5-4-6-24(31)15-22;1-4-21-15(2)13-25(27)23(16(3)30-24(25)29)22(21)11-10-20-9-8-18(14-28-20)17-6-5-7-19(26)12-17;8-6(9)5-1-3-7-4-2-5/h4-15,17-20,26-27H,16H2,1-3H3,(H,34,35);5-12,14-16,21-23H,4,13,27H2,1-3H3;1-4H,(H,8,9)/b10-9+;11-10+;/t18-,19+,20+,26-,27-,30-;15-,16+,21+,22-,23-,25-;/m00./s1. The van der Waals surface area contributed by atoms with E-state index in [0.29, 0.717) is 30.2 Å². The number of ether oxygens (including phenoxy) is 2.